The Bertz CT molecular complexity index is 1100. The van der Waals surface area contributed by atoms with Crippen LogP contribution < -0.4 is 10.1 Å². The van der Waals surface area contributed by atoms with Crippen LogP contribution in [0.3, 0.4) is 0 Å². The van der Waals surface area contributed by atoms with Gasteiger partial charge in [-0.2, -0.15) is 5.10 Å². The minimum atomic E-state index is -0.560. The smallest absolute Gasteiger partial charge is 0.226 e. The van der Waals surface area contributed by atoms with Crippen LogP contribution in [0.25, 0.3) is 5.69 Å². The maximum absolute atomic E-state index is 13.4. The van der Waals surface area contributed by atoms with Gasteiger partial charge >= 0.3 is 0 Å². The highest BCUT2D eigenvalue weighted by Crippen LogP contribution is 2.38. The lowest BCUT2D eigenvalue weighted by atomic mass is 9.85. The van der Waals surface area contributed by atoms with Gasteiger partial charge in [-0.15, -0.1) is 0 Å². The molecule has 0 aliphatic carbocycles. The third-order valence-electron chi connectivity index (χ3n) is 5.62. The third kappa shape index (κ3) is 4.10. The van der Waals surface area contributed by atoms with Gasteiger partial charge in [-0.25, -0.2) is 4.68 Å². The quantitative estimate of drug-likeness (QED) is 0.558. The summed E-state index contributed by atoms with van der Waals surface area (Å²) in [5.74, 6) is 0.497. The van der Waals surface area contributed by atoms with E-state index in [2.05, 4.69) is 17.3 Å². The van der Waals surface area contributed by atoms with E-state index in [1.165, 1.54) is 5.56 Å². The molecule has 6 nitrogen and oxygen atoms in total. The number of hydrogen-bond acceptors (Lipinski definition) is 4. The first-order valence-electron chi connectivity index (χ1n) is 10.8. The maximum Gasteiger partial charge on any atom is 0.226 e. The van der Waals surface area contributed by atoms with E-state index in [-0.39, 0.29) is 18.1 Å². The summed E-state index contributed by atoms with van der Waals surface area (Å²) in [5.41, 5.74) is 4.18. The molecular formula is C25H27N3O3. The number of ether oxygens (including phenoxy) is 1. The number of aromatic nitrogens is 2. The number of aryl methyl sites for hydroxylation is 2. The molecule has 31 heavy (non-hydrogen) atoms. The second kappa shape index (κ2) is 8.76. The lowest BCUT2D eigenvalue weighted by Gasteiger charge is -2.23. The highest BCUT2D eigenvalue weighted by atomic mass is 16.5. The normalized spacial score (nSPS) is 15.3. The minimum Gasteiger partial charge on any atom is -0.494 e. The lowest BCUT2D eigenvalue weighted by molar-refractivity contribution is -0.116. The average Bonchev–Trinajstić information content (AvgIpc) is 3.13. The number of fused-ring (bicyclic) bond motifs is 1. The van der Waals surface area contributed by atoms with Crippen LogP contribution in [-0.2, 0) is 11.2 Å². The summed E-state index contributed by atoms with van der Waals surface area (Å²) in [5, 5.41) is 7.59. The first kappa shape index (κ1) is 20.8. The van der Waals surface area contributed by atoms with Gasteiger partial charge < -0.3 is 10.1 Å². The Morgan fingerprint density at radius 1 is 1.13 bits per heavy atom. The van der Waals surface area contributed by atoms with E-state index < -0.39 is 5.92 Å². The van der Waals surface area contributed by atoms with Gasteiger partial charge in [0, 0.05) is 17.5 Å². The van der Waals surface area contributed by atoms with Crippen LogP contribution in [0.1, 0.15) is 59.8 Å². The highest BCUT2D eigenvalue weighted by Gasteiger charge is 2.36. The number of Topliss-reactive ketones (excluding diaryl/α,β-unsaturated/α-hetero) is 1. The summed E-state index contributed by atoms with van der Waals surface area (Å²) in [6, 6.07) is 15.2. The van der Waals surface area contributed by atoms with Crippen molar-refractivity contribution in [2.24, 2.45) is 0 Å². The Hall–Kier alpha value is -3.41. The van der Waals surface area contributed by atoms with Crippen molar-refractivity contribution < 1.29 is 14.3 Å². The molecule has 160 valence electrons. The van der Waals surface area contributed by atoms with E-state index in [9.17, 15) is 9.59 Å². The Labute approximate surface area is 182 Å². The number of nitrogens with one attached hydrogen (secondary N) is 1. The van der Waals surface area contributed by atoms with Gasteiger partial charge in [0.25, 0.3) is 0 Å². The summed E-state index contributed by atoms with van der Waals surface area (Å²) in [7, 11) is 0. The standard InChI is InChI=1S/C25H27N3O3/c1-4-14-31-20-12-8-18(9-13-20)24(30)21-15-22(29)26-25-23(21)16(3)27-28(25)19-10-6-17(5-2)7-11-19/h6-13,21H,4-5,14-15H2,1-3H3,(H,26,29)/t21-/m1/s1. The van der Waals surface area contributed by atoms with Crippen LogP contribution >= 0.6 is 0 Å². The molecule has 3 aromatic rings. The number of benzene rings is 2. The van der Waals surface area contributed by atoms with Crippen molar-refractivity contribution >= 4 is 17.5 Å². The molecule has 0 bridgehead atoms. The predicted octanol–water partition coefficient (Wildman–Crippen LogP) is 4.84. The second-order valence-electron chi connectivity index (χ2n) is 7.82. The molecule has 1 aromatic heterocycles. The predicted molar refractivity (Wildman–Crippen MR) is 120 cm³/mol. The number of hydrogen-bond donors (Lipinski definition) is 1. The average molecular weight is 418 g/mol. The van der Waals surface area contributed by atoms with Crippen LogP contribution in [-0.4, -0.2) is 28.1 Å². The van der Waals surface area contributed by atoms with Gasteiger partial charge in [0.05, 0.1) is 23.9 Å². The third-order valence-corrected chi connectivity index (χ3v) is 5.62. The SMILES string of the molecule is CCCOc1ccc(C(=O)[C@@H]2CC(=O)Nc3c2c(C)nn3-c2ccc(CC)cc2)cc1. The van der Waals surface area contributed by atoms with Gasteiger partial charge in [0.15, 0.2) is 5.78 Å². The first-order valence-corrected chi connectivity index (χ1v) is 10.8. The van der Waals surface area contributed by atoms with Crippen LogP contribution in [0.2, 0.25) is 0 Å². The molecule has 1 atom stereocenters. The fourth-order valence-electron chi connectivity index (χ4n) is 3.97. The molecule has 0 fully saturated rings. The van der Waals surface area contributed by atoms with Crippen molar-refractivity contribution in [1.82, 2.24) is 9.78 Å². The maximum atomic E-state index is 13.4. The molecule has 1 amide bonds. The van der Waals surface area contributed by atoms with Crippen LogP contribution in [0.4, 0.5) is 5.82 Å². The summed E-state index contributed by atoms with van der Waals surface area (Å²) >= 11 is 0. The Morgan fingerprint density at radius 3 is 2.48 bits per heavy atom. The van der Waals surface area contributed by atoms with E-state index in [1.54, 1.807) is 28.9 Å². The van der Waals surface area contributed by atoms with E-state index in [0.717, 1.165) is 35.5 Å². The first-order chi connectivity index (χ1) is 15.0. The summed E-state index contributed by atoms with van der Waals surface area (Å²) in [6.07, 6.45) is 1.98. The second-order valence-corrected chi connectivity index (χ2v) is 7.82. The van der Waals surface area contributed by atoms with Crippen LogP contribution in [0, 0.1) is 6.92 Å². The monoisotopic (exact) mass is 417 g/mol. The van der Waals surface area contributed by atoms with Crippen molar-refractivity contribution in [2.45, 2.75) is 46.0 Å². The number of anilines is 1. The molecule has 0 unspecified atom stereocenters. The van der Waals surface area contributed by atoms with Crippen molar-refractivity contribution in [1.29, 1.82) is 0 Å². The molecule has 6 heteroatoms. The van der Waals surface area contributed by atoms with Crippen molar-refractivity contribution in [3.63, 3.8) is 0 Å². The van der Waals surface area contributed by atoms with Gasteiger partial charge in [-0.05, 0) is 61.7 Å². The number of amides is 1. The zero-order valence-electron chi connectivity index (χ0n) is 18.1. The number of carbonyl (C=O) groups excluding carboxylic acids is 2. The largest absolute Gasteiger partial charge is 0.494 e. The summed E-state index contributed by atoms with van der Waals surface area (Å²) < 4.78 is 7.33. The van der Waals surface area contributed by atoms with Gasteiger partial charge in [-0.1, -0.05) is 26.0 Å². The molecule has 2 heterocycles. The number of rotatable bonds is 7. The van der Waals surface area contributed by atoms with Crippen LogP contribution in [0.5, 0.6) is 5.75 Å². The lowest BCUT2D eigenvalue weighted by Crippen LogP contribution is -2.28. The number of ketones is 1. The molecule has 1 aliphatic heterocycles. The molecule has 0 saturated carbocycles. The molecule has 0 radical (unpaired) electrons. The minimum absolute atomic E-state index is 0.0814. The van der Waals surface area contributed by atoms with Crippen molar-refractivity contribution in [3.05, 3.63) is 70.9 Å². The van der Waals surface area contributed by atoms with E-state index >= 15 is 0 Å². The van der Waals surface area contributed by atoms with Crippen molar-refractivity contribution in [2.75, 3.05) is 11.9 Å². The Balaban J connectivity index is 1.68. The number of carbonyl (C=O) groups is 2. The fraction of sp³-hybridized carbons (Fsp3) is 0.320. The molecule has 4 rings (SSSR count). The number of nitrogens with zero attached hydrogens (tertiary/aromatic N) is 2. The van der Waals surface area contributed by atoms with Crippen molar-refractivity contribution in [3.8, 4) is 11.4 Å². The Morgan fingerprint density at radius 2 is 1.84 bits per heavy atom. The molecular weight excluding hydrogens is 390 g/mol. The molecule has 1 N–H and O–H groups in total. The molecule has 2 aromatic carbocycles. The summed E-state index contributed by atoms with van der Waals surface area (Å²) in [4.78, 5) is 25.9. The molecule has 0 saturated heterocycles. The zero-order valence-corrected chi connectivity index (χ0v) is 18.1. The molecule has 0 spiro atoms. The highest BCUT2D eigenvalue weighted by molar-refractivity contribution is 6.08. The fourth-order valence-corrected chi connectivity index (χ4v) is 3.97. The van der Waals surface area contributed by atoms with Crippen LogP contribution in [0.15, 0.2) is 48.5 Å². The topological polar surface area (TPSA) is 73.2 Å². The van der Waals surface area contributed by atoms with Gasteiger partial charge in [0.2, 0.25) is 5.91 Å². The summed E-state index contributed by atoms with van der Waals surface area (Å²) in [6.45, 7) is 6.67. The van der Waals surface area contributed by atoms with E-state index in [1.807, 2.05) is 38.1 Å². The van der Waals surface area contributed by atoms with Gasteiger partial charge in [0.1, 0.15) is 11.6 Å². The van der Waals surface area contributed by atoms with E-state index in [0.29, 0.717) is 18.0 Å². The molecule has 1 aliphatic rings. The van der Waals surface area contributed by atoms with E-state index in [4.69, 9.17) is 4.74 Å². The Kier molecular flexibility index (Phi) is 5.89. The van der Waals surface area contributed by atoms with Gasteiger partial charge in [-0.3, -0.25) is 9.59 Å². The zero-order chi connectivity index (χ0) is 22.0.